The van der Waals surface area contributed by atoms with Crippen LogP contribution in [0.3, 0.4) is 0 Å². The van der Waals surface area contributed by atoms with Gasteiger partial charge in [-0.05, 0) is 41.5 Å². The molecular weight excluding hydrogens is 358 g/mol. The van der Waals surface area contributed by atoms with Crippen LogP contribution in [0.2, 0.25) is 5.02 Å². The van der Waals surface area contributed by atoms with E-state index in [1.54, 1.807) is 24.3 Å². The fraction of sp³-hybridized carbons (Fsp3) is 0.0870. The van der Waals surface area contributed by atoms with Gasteiger partial charge in [-0.25, -0.2) is 0 Å². The number of nitrogens with one attached hydrogen (secondary N) is 1. The van der Waals surface area contributed by atoms with Crippen LogP contribution in [-0.2, 0) is 4.79 Å². The van der Waals surface area contributed by atoms with Crippen LogP contribution >= 0.6 is 11.6 Å². The summed E-state index contributed by atoms with van der Waals surface area (Å²) in [5, 5.41) is 3.59. The van der Waals surface area contributed by atoms with Crippen molar-refractivity contribution in [3.05, 3.63) is 101 Å². The molecule has 3 aromatic carbocycles. The molecule has 0 aromatic heterocycles. The van der Waals surface area contributed by atoms with E-state index in [1.165, 1.54) is 0 Å². The first-order chi connectivity index (χ1) is 13.2. The molecule has 0 bridgehead atoms. The van der Waals surface area contributed by atoms with Crippen LogP contribution in [0.1, 0.15) is 11.1 Å². The maximum Gasteiger partial charge on any atom is 0.252 e. The lowest BCUT2D eigenvalue weighted by molar-refractivity contribution is -0.115. The van der Waals surface area contributed by atoms with E-state index in [9.17, 15) is 4.79 Å². The zero-order valence-corrected chi connectivity index (χ0v) is 15.5. The summed E-state index contributed by atoms with van der Waals surface area (Å²) in [4.78, 5) is 12.8. The Hall–Kier alpha value is -3.04. The molecule has 1 amide bonds. The summed E-state index contributed by atoms with van der Waals surface area (Å²) in [7, 11) is 0. The number of carbonyl (C=O) groups is 1. The highest BCUT2D eigenvalue weighted by Gasteiger charge is 2.11. The van der Waals surface area contributed by atoms with Gasteiger partial charge in [0.15, 0.2) is 0 Å². The van der Waals surface area contributed by atoms with Gasteiger partial charge < -0.3 is 10.1 Å². The Morgan fingerprint density at radius 1 is 0.889 bits per heavy atom. The Bertz CT molecular complexity index is 891. The lowest BCUT2D eigenvalue weighted by Crippen LogP contribution is -2.28. The number of rotatable bonds is 7. The summed E-state index contributed by atoms with van der Waals surface area (Å²) in [6.45, 7) is 0.779. The second-order valence-electron chi connectivity index (χ2n) is 5.89. The van der Waals surface area contributed by atoms with E-state index in [0.717, 1.165) is 16.9 Å². The van der Waals surface area contributed by atoms with Crippen molar-refractivity contribution in [2.45, 2.75) is 0 Å². The smallest absolute Gasteiger partial charge is 0.252 e. The Morgan fingerprint density at radius 2 is 1.52 bits per heavy atom. The predicted octanol–water partition coefficient (Wildman–Crippen LogP) is 5.08. The number of ether oxygens (including phenoxy) is 1. The molecule has 3 rings (SSSR count). The standard InChI is InChI=1S/C23H20ClNO2/c24-20-11-13-21(14-12-20)27-16-15-25-23(26)22(19-9-5-2-6-10-19)17-18-7-3-1-4-8-18/h1-14,17H,15-16H2,(H,25,26)/b22-17+. The fourth-order valence-electron chi connectivity index (χ4n) is 2.57. The van der Waals surface area contributed by atoms with Crippen molar-refractivity contribution in [1.29, 1.82) is 0 Å². The highest BCUT2D eigenvalue weighted by atomic mass is 35.5. The second-order valence-corrected chi connectivity index (χ2v) is 6.33. The summed E-state index contributed by atoms with van der Waals surface area (Å²) in [6.07, 6.45) is 1.89. The molecule has 0 heterocycles. The zero-order valence-electron chi connectivity index (χ0n) is 14.8. The molecule has 0 saturated carbocycles. The third-order valence-corrected chi connectivity index (χ3v) is 4.16. The summed E-state index contributed by atoms with van der Waals surface area (Å²) in [6, 6.07) is 26.6. The monoisotopic (exact) mass is 377 g/mol. The van der Waals surface area contributed by atoms with E-state index in [2.05, 4.69) is 5.32 Å². The second kappa shape index (κ2) is 9.60. The van der Waals surface area contributed by atoms with Crippen LogP contribution in [0.5, 0.6) is 5.75 Å². The maximum atomic E-state index is 12.8. The molecule has 0 radical (unpaired) electrons. The van der Waals surface area contributed by atoms with Crippen LogP contribution in [0, 0.1) is 0 Å². The lowest BCUT2D eigenvalue weighted by atomic mass is 10.0. The minimum Gasteiger partial charge on any atom is -0.492 e. The van der Waals surface area contributed by atoms with Gasteiger partial charge in [-0.3, -0.25) is 4.79 Å². The molecule has 0 aliphatic carbocycles. The summed E-state index contributed by atoms with van der Waals surface area (Å²) in [5.41, 5.74) is 2.47. The SMILES string of the molecule is O=C(NCCOc1ccc(Cl)cc1)/C(=C/c1ccccc1)c1ccccc1. The van der Waals surface area contributed by atoms with Crippen LogP contribution in [0.4, 0.5) is 0 Å². The largest absolute Gasteiger partial charge is 0.492 e. The van der Waals surface area contributed by atoms with Crippen LogP contribution in [0.25, 0.3) is 11.6 Å². The number of hydrogen-bond donors (Lipinski definition) is 1. The van der Waals surface area contributed by atoms with Crippen molar-refractivity contribution < 1.29 is 9.53 Å². The average molecular weight is 378 g/mol. The van der Waals surface area contributed by atoms with Gasteiger partial charge in [0.2, 0.25) is 0 Å². The van der Waals surface area contributed by atoms with Crippen molar-refractivity contribution in [2.75, 3.05) is 13.2 Å². The van der Waals surface area contributed by atoms with Gasteiger partial charge in [0.1, 0.15) is 12.4 Å². The average Bonchev–Trinajstić information content (AvgIpc) is 2.72. The highest BCUT2D eigenvalue weighted by Crippen LogP contribution is 2.19. The Labute approximate surface area is 164 Å². The minimum absolute atomic E-state index is 0.134. The van der Waals surface area contributed by atoms with E-state index in [1.807, 2.05) is 66.7 Å². The third-order valence-electron chi connectivity index (χ3n) is 3.91. The van der Waals surface area contributed by atoms with Crippen LogP contribution in [0.15, 0.2) is 84.9 Å². The van der Waals surface area contributed by atoms with Gasteiger partial charge >= 0.3 is 0 Å². The van der Waals surface area contributed by atoms with Gasteiger partial charge in [-0.2, -0.15) is 0 Å². The zero-order chi connectivity index (χ0) is 18.9. The molecular formula is C23H20ClNO2. The van der Waals surface area contributed by atoms with E-state index in [-0.39, 0.29) is 5.91 Å². The summed E-state index contributed by atoms with van der Waals surface area (Å²) >= 11 is 5.86. The number of hydrogen-bond acceptors (Lipinski definition) is 2. The quantitative estimate of drug-likeness (QED) is 0.354. The number of halogens is 1. The molecule has 0 saturated heterocycles. The molecule has 0 atom stereocenters. The molecule has 4 heteroatoms. The van der Waals surface area contributed by atoms with Gasteiger partial charge in [0, 0.05) is 10.6 Å². The van der Waals surface area contributed by atoms with Gasteiger partial charge in [-0.1, -0.05) is 72.3 Å². The molecule has 0 aliphatic rings. The van der Waals surface area contributed by atoms with Gasteiger partial charge in [0.25, 0.3) is 5.91 Å². The van der Waals surface area contributed by atoms with E-state index >= 15 is 0 Å². The Kier molecular flexibility index (Phi) is 6.66. The Morgan fingerprint density at radius 3 is 2.19 bits per heavy atom. The van der Waals surface area contributed by atoms with E-state index < -0.39 is 0 Å². The molecule has 0 unspecified atom stereocenters. The van der Waals surface area contributed by atoms with Crippen molar-refractivity contribution in [3.63, 3.8) is 0 Å². The summed E-state index contributed by atoms with van der Waals surface area (Å²) in [5.74, 6) is 0.585. The van der Waals surface area contributed by atoms with Crippen molar-refractivity contribution >= 4 is 29.2 Å². The normalized spacial score (nSPS) is 11.1. The predicted molar refractivity (Wildman–Crippen MR) is 111 cm³/mol. The number of benzene rings is 3. The molecule has 1 N–H and O–H groups in total. The molecule has 0 fully saturated rings. The third kappa shape index (κ3) is 5.73. The number of carbonyl (C=O) groups excluding carboxylic acids is 1. The van der Waals surface area contributed by atoms with Gasteiger partial charge in [0.05, 0.1) is 6.54 Å². The molecule has 3 nitrogen and oxygen atoms in total. The molecule has 0 spiro atoms. The lowest BCUT2D eigenvalue weighted by Gasteiger charge is -2.11. The molecule has 0 aliphatic heterocycles. The summed E-state index contributed by atoms with van der Waals surface area (Å²) < 4.78 is 5.62. The first-order valence-corrected chi connectivity index (χ1v) is 9.09. The topological polar surface area (TPSA) is 38.3 Å². The van der Waals surface area contributed by atoms with Crippen molar-refractivity contribution in [3.8, 4) is 5.75 Å². The maximum absolute atomic E-state index is 12.8. The highest BCUT2D eigenvalue weighted by molar-refractivity contribution is 6.30. The fourth-order valence-corrected chi connectivity index (χ4v) is 2.70. The minimum atomic E-state index is -0.134. The molecule has 27 heavy (non-hydrogen) atoms. The van der Waals surface area contributed by atoms with E-state index in [0.29, 0.717) is 23.7 Å². The van der Waals surface area contributed by atoms with Crippen molar-refractivity contribution in [1.82, 2.24) is 5.32 Å². The van der Waals surface area contributed by atoms with E-state index in [4.69, 9.17) is 16.3 Å². The first-order valence-electron chi connectivity index (χ1n) is 8.71. The molecule has 3 aromatic rings. The van der Waals surface area contributed by atoms with Crippen LogP contribution in [-0.4, -0.2) is 19.1 Å². The molecule has 136 valence electrons. The number of amides is 1. The van der Waals surface area contributed by atoms with Crippen molar-refractivity contribution in [2.24, 2.45) is 0 Å². The first kappa shape index (κ1) is 18.7. The van der Waals surface area contributed by atoms with Gasteiger partial charge in [-0.15, -0.1) is 0 Å². The Balaban J connectivity index is 1.64. The van der Waals surface area contributed by atoms with Crippen LogP contribution < -0.4 is 10.1 Å².